The van der Waals surface area contributed by atoms with E-state index in [2.05, 4.69) is 29.8 Å². The molecule has 0 bridgehead atoms. The zero-order valence-corrected chi connectivity index (χ0v) is 30.1. The van der Waals surface area contributed by atoms with Gasteiger partial charge in [0.15, 0.2) is 11.5 Å². The number of hydrogen-bond acceptors (Lipinski definition) is 7. The summed E-state index contributed by atoms with van der Waals surface area (Å²) in [6, 6.07) is 16.2. The first-order chi connectivity index (χ1) is 24.3. The molecule has 1 heterocycles. The van der Waals surface area contributed by atoms with E-state index in [1.807, 2.05) is 13.8 Å². The van der Waals surface area contributed by atoms with Crippen LogP contribution < -0.4 is 30.2 Å². The number of nitrogens with one attached hydrogen (secondary N) is 3. The third-order valence-corrected chi connectivity index (χ3v) is 8.30. The Morgan fingerprint density at radius 1 is 0.922 bits per heavy atom. The highest BCUT2D eigenvalue weighted by molar-refractivity contribution is 6.01. The van der Waals surface area contributed by atoms with Crippen LogP contribution in [-0.2, 0) is 14.4 Å². The van der Waals surface area contributed by atoms with Gasteiger partial charge in [-0.15, -0.1) is 0 Å². The van der Waals surface area contributed by atoms with Crippen molar-refractivity contribution in [3.63, 3.8) is 0 Å². The highest BCUT2D eigenvalue weighted by atomic mass is 19.1. The first-order valence-electron chi connectivity index (χ1n) is 17.3. The van der Waals surface area contributed by atoms with Gasteiger partial charge in [0.05, 0.1) is 24.1 Å². The molecule has 0 aromatic heterocycles. The van der Waals surface area contributed by atoms with Crippen molar-refractivity contribution in [2.45, 2.75) is 78.0 Å². The van der Waals surface area contributed by atoms with Gasteiger partial charge < -0.3 is 35.1 Å². The quantitative estimate of drug-likeness (QED) is 0.241. The van der Waals surface area contributed by atoms with Crippen LogP contribution in [0.3, 0.4) is 0 Å². The average Bonchev–Trinajstić information content (AvgIpc) is 3.07. The Morgan fingerprint density at radius 3 is 2.31 bits per heavy atom. The predicted octanol–water partition coefficient (Wildman–Crippen LogP) is 5.49. The van der Waals surface area contributed by atoms with Crippen molar-refractivity contribution < 1.29 is 37.8 Å². The maximum Gasteiger partial charge on any atom is 0.255 e. The maximum absolute atomic E-state index is 13.8. The van der Waals surface area contributed by atoms with Gasteiger partial charge in [0.2, 0.25) is 17.7 Å². The van der Waals surface area contributed by atoms with Crippen molar-refractivity contribution in [2.75, 3.05) is 20.3 Å². The lowest BCUT2D eigenvalue weighted by atomic mass is 9.99. The number of benzene rings is 3. The normalized spacial score (nSPS) is 19.3. The van der Waals surface area contributed by atoms with Gasteiger partial charge in [-0.2, -0.15) is 0 Å². The lowest BCUT2D eigenvalue weighted by molar-refractivity contribution is -0.138. The number of rotatable bonds is 11. The second-order valence-electron chi connectivity index (χ2n) is 13.7. The Balaban J connectivity index is 1.53. The number of nitrogens with zero attached hydrogens (tertiary/aromatic N) is 1. The summed E-state index contributed by atoms with van der Waals surface area (Å²) >= 11 is 0. The SMILES string of the molecule is CC(C)C[C@@H]1COc2ccccc2C(=O)N[C@H](C(=O)N[C@H](C)COc2ccccc2Oc2cccc(F)c2)CC(=O)N[C@H](CC(C)C)C(=O)N1C. The van der Waals surface area contributed by atoms with E-state index in [9.17, 15) is 23.6 Å². The fraction of sp³-hybridized carbons (Fsp3) is 0.436. The lowest BCUT2D eigenvalue weighted by Gasteiger charge is -2.33. The average molecular weight is 705 g/mol. The summed E-state index contributed by atoms with van der Waals surface area (Å²) in [6.07, 6.45) is 0.614. The van der Waals surface area contributed by atoms with Crippen molar-refractivity contribution in [1.82, 2.24) is 20.9 Å². The van der Waals surface area contributed by atoms with Gasteiger partial charge in [0.1, 0.15) is 42.6 Å². The number of amides is 4. The molecule has 4 atom stereocenters. The molecule has 0 saturated carbocycles. The summed E-state index contributed by atoms with van der Waals surface area (Å²) in [6.45, 7) is 9.88. The summed E-state index contributed by atoms with van der Waals surface area (Å²) in [4.78, 5) is 56.3. The number of halogens is 1. The van der Waals surface area contributed by atoms with E-state index >= 15 is 0 Å². The molecule has 4 rings (SSSR count). The summed E-state index contributed by atoms with van der Waals surface area (Å²) in [5.41, 5.74) is 0.189. The molecule has 0 radical (unpaired) electrons. The third kappa shape index (κ3) is 11.4. The molecule has 3 aromatic rings. The van der Waals surface area contributed by atoms with Gasteiger partial charge in [-0.05, 0) is 68.0 Å². The van der Waals surface area contributed by atoms with Crippen LogP contribution in [0, 0.1) is 17.7 Å². The van der Waals surface area contributed by atoms with E-state index in [0.717, 1.165) is 0 Å². The molecule has 0 aliphatic carbocycles. The molecule has 1 aliphatic heterocycles. The minimum absolute atomic E-state index is 0.00758. The van der Waals surface area contributed by atoms with Crippen LogP contribution in [0.25, 0.3) is 0 Å². The molecule has 0 spiro atoms. The molecule has 3 N–H and O–H groups in total. The van der Waals surface area contributed by atoms with Gasteiger partial charge >= 0.3 is 0 Å². The number of ether oxygens (including phenoxy) is 3. The van der Waals surface area contributed by atoms with Crippen molar-refractivity contribution >= 4 is 23.6 Å². The number of likely N-dealkylation sites (N-methyl/N-ethyl adjacent to an activating group) is 1. The van der Waals surface area contributed by atoms with Crippen LogP contribution in [-0.4, -0.2) is 73.0 Å². The number of fused-ring (bicyclic) bond motifs is 1. The molecule has 4 amide bonds. The Morgan fingerprint density at radius 2 is 1.61 bits per heavy atom. The fourth-order valence-electron chi connectivity index (χ4n) is 5.76. The Hall–Kier alpha value is -5.13. The molecule has 51 heavy (non-hydrogen) atoms. The molecule has 1 aliphatic rings. The molecule has 12 heteroatoms. The van der Waals surface area contributed by atoms with E-state index in [4.69, 9.17) is 14.2 Å². The minimum atomic E-state index is -1.29. The smallest absolute Gasteiger partial charge is 0.255 e. The summed E-state index contributed by atoms with van der Waals surface area (Å²) in [5, 5.41) is 8.38. The molecule has 0 unspecified atom stereocenters. The molecule has 3 aromatic carbocycles. The number of carbonyl (C=O) groups is 4. The fourth-order valence-corrected chi connectivity index (χ4v) is 5.76. The highest BCUT2D eigenvalue weighted by Crippen LogP contribution is 2.31. The number of hydrogen-bond donors (Lipinski definition) is 3. The molecule has 0 fully saturated rings. The summed E-state index contributed by atoms with van der Waals surface area (Å²) in [7, 11) is 1.70. The van der Waals surface area contributed by atoms with Crippen molar-refractivity contribution in [1.29, 1.82) is 0 Å². The van der Waals surface area contributed by atoms with Crippen LogP contribution in [0.15, 0.2) is 72.8 Å². The van der Waals surface area contributed by atoms with Crippen LogP contribution in [0.4, 0.5) is 4.39 Å². The second-order valence-corrected chi connectivity index (χ2v) is 13.7. The monoisotopic (exact) mass is 704 g/mol. The Labute approximate surface area is 299 Å². The van der Waals surface area contributed by atoms with Gasteiger partial charge in [-0.3, -0.25) is 19.2 Å². The minimum Gasteiger partial charge on any atom is -0.491 e. The van der Waals surface area contributed by atoms with Crippen LogP contribution in [0.1, 0.15) is 64.2 Å². The van der Waals surface area contributed by atoms with E-state index in [1.165, 1.54) is 18.2 Å². The van der Waals surface area contributed by atoms with Crippen LogP contribution in [0.5, 0.6) is 23.0 Å². The second kappa shape index (κ2) is 18.2. The zero-order chi connectivity index (χ0) is 37.1. The molecule has 11 nitrogen and oxygen atoms in total. The highest BCUT2D eigenvalue weighted by Gasteiger charge is 2.33. The Bertz CT molecular complexity index is 1670. The summed E-state index contributed by atoms with van der Waals surface area (Å²) < 4.78 is 31.7. The van der Waals surface area contributed by atoms with E-state index in [-0.39, 0.29) is 42.6 Å². The van der Waals surface area contributed by atoms with Crippen LogP contribution >= 0.6 is 0 Å². The van der Waals surface area contributed by atoms with Gasteiger partial charge in [0.25, 0.3) is 5.91 Å². The third-order valence-electron chi connectivity index (χ3n) is 8.30. The van der Waals surface area contributed by atoms with Gasteiger partial charge in [-0.25, -0.2) is 4.39 Å². The number of para-hydroxylation sites is 3. The zero-order valence-electron chi connectivity index (χ0n) is 30.1. The van der Waals surface area contributed by atoms with E-state index in [1.54, 1.807) is 73.5 Å². The van der Waals surface area contributed by atoms with E-state index in [0.29, 0.717) is 35.8 Å². The van der Waals surface area contributed by atoms with Gasteiger partial charge in [-0.1, -0.05) is 58.0 Å². The molecular weight excluding hydrogens is 655 g/mol. The van der Waals surface area contributed by atoms with Crippen molar-refractivity contribution in [2.24, 2.45) is 11.8 Å². The Kier molecular flexibility index (Phi) is 13.8. The first kappa shape index (κ1) is 38.7. The molecular formula is C39H49FN4O7. The number of carbonyl (C=O) groups excluding carboxylic acids is 4. The van der Waals surface area contributed by atoms with Crippen molar-refractivity contribution in [3.8, 4) is 23.0 Å². The van der Waals surface area contributed by atoms with Crippen molar-refractivity contribution in [3.05, 3.63) is 84.2 Å². The largest absolute Gasteiger partial charge is 0.491 e. The summed E-state index contributed by atoms with van der Waals surface area (Å²) in [5.74, 6) is -0.825. The molecule has 0 saturated heterocycles. The topological polar surface area (TPSA) is 135 Å². The van der Waals surface area contributed by atoms with Crippen LogP contribution in [0.2, 0.25) is 0 Å². The van der Waals surface area contributed by atoms with Gasteiger partial charge in [0, 0.05) is 13.1 Å². The lowest BCUT2D eigenvalue weighted by Crippen LogP contribution is -2.55. The standard InChI is InChI=1S/C39H49FN4O7/c1-24(2)18-28-23-50-33-15-8-7-14-30(33)37(46)43-31(21-36(45)42-32(19-25(3)4)39(48)44(28)6)38(47)41-26(5)22-49-34-16-9-10-17-35(34)51-29-13-11-12-27(40)20-29/h7-17,20,24-26,28,31-32H,18-19,21-23H2,1-6H3,(H,41,47)(H,42,45)(H,43,46)/t26-,28-,31+,32-/m1/s1. The predicted molar refractivity (Wildman–Crippen MR) is 191 cm³/mol. The first-order valence-corrected chi connectivity index (χ1v) is 17.3. The maximum atomic E-state index is 13.8. The molecule has 274 valence electrons. The van der Waals surface area contributed by atoms with E-state index < -0.39 is 48.1 Å².